The quantitative estimate of drug-likeness (QED) is 0.570. The van der Waals surface area contributed by atoms with Gasteiger partial charge in [0.25, 0.3) is 5.91 Å². The van der Waals surface area contributed by atoms with Gasteiger partial charge in [0.15, 0.2) is 0 Å². The van der Waals surface area contributed by atoms with Crippen molar-refractivity contribution in [1.82, 2.24) is 20.3 Å². The number of aromatic nitrogens is 3. The van der Waals surface area contributed by atoms with Crippen LogP contribution in [0, 0.1) is 13.8 Å². The van der Waals surface area contributed by atoms with Crippen molar-refractivity contribution < 1.29 is 18.7 Å². The van der Waals surface area contributed by atoms with Crippen molar-refractivity contribution in [3.05, 3.63) is 65.2 Å². The Morgan fingerprint density at radius 3 is 2.84 bits per heavy atom. The molecule has 8 heteroatoms. The lowest BCUT2D eigenvalue weighted by Crippen LogP contribution is -2.42. The first-order chi connectivity index (χ1) is 15.5. The maximum atomic E-state index is 12.7. The van der Waals surface area contributed by atoms with Gasteiger partial charge in [0.1, 0.15) is 12.4 Å². The molecule has 166 valence electrons. The van der Waals surface area contributed by atoms with Gasteiger partial charge in [0.2, 0.25) is 5.88 Å². The van der Waals surface area contributed by atoms with Gasteiger partial charge in [-0.3, -0.25) is 19.2 Å². The number of hydrogen-bond donors (Lipinski definition) is 1. The Hall–Kier alpha value is -3.55. The summed E-state index contributed by atoms with van der Waals surface area (Å²) in [6.07, 6.45) is 4.13. The third kappa shape index (κ3) is 4.85. The van der Waals surface area contributed by atoms with Crippen molar-refractivity contribution in [2.45, 2.75) is 32.7 Å². The number of halogens is 1. The third-order valence-electron chi connectivity index (χ3n) is 5.21. The summed E-state index contributed by atoms with van der Waals surface area (Å²) >= 11 is 0. The summed E-state index contributed by atoms with van der Waals surface area (Å²) in [6.45, 7) is 4.04. The Morgan fingerprint density at radius 2 is 2.09 bits per heavy atom. The average molecular weight is 436 g/mol. The van der Waals surface area contributed by atoms with Crippen LogP contribution < -0.4 is 14.8 Å². The van der Waals surface area contributed by atoms with E-state index in [-0.39, 0.29) is 18.6 Å². The second kappa shape index (κ2) is 9.72. The van der Waals surface area contributed by atoms with Crippen LogP contribution >= 0.6 is 0 Å². The molecule has 1 aliphatic rings. The molecular weight excluding hydrogens is 411 g/mol. The minimum atomic E-state index is -0.440. The van der Waals surface area contributed by atoms with Crippen LogP contribution in [0.15, 0.2) is 42.7 Å². The number of nitrogens with one attached hydrogen (secondary N) is 1. The predicted octanol–water partition coefficient (Wildman–Crippen LogP) is 3.63. The summed E-state index contributed by atoms with van der Waals surface area (Å²) in [5.41, 5.74) is 4.91. The van der Waals surface area contributed by atoms with Gasteiger partial charge in [-0.2, -0.15) is 0 Å². The number of amides is 1. The van der Waals surface area contributed by atoms with E-state index in [4.69, 9.17) is 9.47 Å². The van der Waals surface area contributed by atoms with Crippen LogP contribution in [0.1, 0.15) is 33.7 Å². The Balaban J connectivity index is 1.47. The number of ether oxygens (including phenoxy) is 2. The van der Waals surface area contributed by atoms with Gasteiger partial charge in [0.05, 0.1) is 42.0 Å². The number of carbonyl (C=O) groups excluding carboxylic acids is 1. The molecule has 32 heavy (non-hydrogen) atoms. The molecule has 3 heterocycles. The van der Waals surface area contributed by atoms with Gasteiger partial charge in [-0.25, -0.2) is 4.98 Å². The van der Waals surface area contributed by atoms with E-state index in [0.717, 1.165) is 34.0 Å². The smallest absolute Gasteiger partial charge is 0.253 e. The second-order valence-corrected chi connectivity index (χ2v) is 7.69. The molecule has 1 aliphatic heterocycles. The lowest BCUT2D eigenvalue weighted by molar-refractivity contribution is 0.0915. The highest BCUT2D eigenvalue weighted by molar-refractivity contribution is 5.94. The van der Waals surface area contributed by atoms with Gasteiger partial charge in [-0.1, -0.05) is 12.1 Å². The number of nitrogens with zero attached hydrogens (tertiary/aromatic N) is 3. The van der Waals surface area contributed by atoms with Crippen LogP contribution in [-0.4, -0.2) is 46.8 Å². The lowest BCUT2D eigenvalue weighted by Gasteiger charge is -2.28. The lowest BCUT2D eigenvalue weighted by atomic mass is 9.94. The second-order valence-electron chi connectivity index (χ2n) is 7.69. The topological polar surface area (TPSA) is 86.2 Å². The summed E-state index contributed by atoms with van der Waals surface area (Å²) in [7, 11) is 0. The molecule has 0 radical (unpaired) electrons. The minimum Gasteiger partial charge on any atom is -0.491 e. The number of rotatable bonds is 7. The Morgan fingerprint density at radius 1 is 1.22 bits per heavy atom. The molecule has 4 rings (SSSR count). The number of benzene rings is 1. The molecule has 0 aliphatic carbocycles. The summed E-state index contributed by atoms with van der Waals surface area (Å²) in [6, 6.07) is 8.93. The minimum absolute atomic E-state index is 0.199. The molecule has 0 fully saturated rings. The Kier molecular flexibility index (Phi) is 6.58. The van der Waals surface area contributed by atoms with E-state index in [9.17, 15) is 9.18 Å². The highest BCUT2D eigenvalue weighted by Gasteiger charge is 2.25. The fourth-order valence-electron chi connectivity index (χ4n) is 3.68. The predicted molar refractivity (Wildman–Crippen MR) is 118 cm³/mol. The third-order valence-corrected chi connectivity index (χ3v) is 5.21. The summed E-state index contributed by atoms with van der Waals surface area (Å²) in [4.78, 5) is 25.9. The number of carbonyl (C=O) groups is 1. The van der Waals surface area contributed by atoms with E-state index < -0.39 is 6.67 Å². The zero-order chi connectivity index (χ0) is 22.5. The monoisotopic (exact) mass is 436 g/mol. The molecule has 0 saturated heterocycles. The van der Waals surface area contributed by atoms with E-state index in [1.165, 1.54) is 6.20 Å². The SMILES string of the molecule is Cc1cnc(-c2cccc3c2C[C@H](NC(=O)c2ccc(OCCCF)nc2)CO3)c(C)n1. The molecule has 2 aromatic heterocycles. The van der Waals surface area contributed by atoms with Gasteiger partial charge >= 0.3 is 0 Å². The fraction of sp³-hybridized carbons (Fsp3) is 0.333. The van der Waals surface area contributed by atoms with Crippen molar-refractivity contribution >= 4 is 5.91 Å². The van der Waals surface area contributed by atoms with Crippen molar-refractivity contribution in [3.63, 3.8) is 0 Å². The highest BCUT2D eigenvalue weighted by atomic mass is 19.1. The molecule has 1 amide bonds. The van der Waals surface area contributed by atoms with Gasteiger partial charge in [0, 0.05) is 42.4 Å². The maximum Gasteiger partial charge on any atom is 0.253 e. The van der Waals surface area contributed by atoms with E-state index >= 15 is 0 Å². The average Bonchev–Trinajstić information content (AvgIpc) is 2.79. The largest absolute Gasteiger partial charge is 0.491 e. The molecule has 1 N–H and O–H groups in total. The van der Waals surface area contributed by atoms with E-state index in [0.29, 0.717) is 30.9 Å². The van der Waals surface area contributed by atoms with Crippen LogP contribution in [0.3, 0.4) is 0 Å². The van der Waals surface area contributed by atoms with Crippen LogP contribution in [0.4, 0.5) is 4.39 Å². The first kappa shape index (κ1) is 21.7. The first-order valence-electron chi connectivity index (χ1n) is 10.6. The van der Waals surface area contributed by atoms with E-state index in [2.05, 4.69) is 20.3 Å². The molecular formula is C24H25FN4O3. The van der Waals surface area contributed by atoms with Crippen molar-refractivity contribution in [1.29, 1.82) is 0 Å². The standard InChI is InChI=1S/C24H25FN4O3/c1-15-12-27-23(16(2)28-15)19-5-3-6-21-20(19)11-18(14-32-21)29-24(30)17-7-8-22(26-13-17)31-10-4-9-25/h3,5-8,12-13,18H,4,9-11,14H2,1-2H3,(H,29,30)/t18-/m0/s1. The highest BCUT2D eigenvalue weighted by Crippen LogP contribution is 2.34. The van der Waals surface area contributed by atoms with Gasteiger partial charge < -0.3 is 14.8 Å². The number of pyridine rings is 1. The van der Waals surface area contributed by atoms with Crippen molar-refractivity contribution in [3.8, 4) is 22.9 Å². The molecule has 0 bridgehead atoms. The summed E-state index contributed by atoms with van der Waals surface area (Å²) in [5.74, 6) is 0.920. The first-order valence-corrected chi connectivity index (χ1v) is 10.6. The molecule has 0 spiro atoms. The molecule has 3 aromatic rings. The van der Waals surface area contributed by atoms with Gasteiger partial charge in [-0.15, -0.1) is 0 Å². The van der Waals surface area contributed by atoms with Crippen LogP contribution in [0.5, 0.6) is 11.6 Å². The van der Waals surface area contributed by atoms with Crippen molar-refractivity contribution in [2.75, 3.05) is 19.9 Å². The molecule has 1 atom stereocenters. The number of fused-ring (bicyclic) bond motifs is 1. The summed E-state index contributed by atoms with van der Waals surface area (Å²) < 4.78 is 23.4. The van der Waals surface area contributed by atoms with Crippen molar-refractivity contribution in [2.24, 2.45) is 0 Å². The van der Waals surface area contributed by atoms with E-state index in [1.54, 1.807) is 18.3 Å². The van der Waals surface area contributed by atoms with Crippen LogP contribution in [0.2, 0.25) is 0 Å². The Bertz CT molecular complexity index is 1100. The number of alkyl halides is 1. The fourth-order valence-corrected chi connectivity index (χ4v) is 3.68. The molecule has 1 aromatic carbocycles. The van der Waals surface area contributed by atoms with Crippen LogP contribution in [0.25, 0.3) is 11.3 Å². The maximum absolute atomic E-state index is 12.7. The Labute approximate surface area is 186 Å². The van der Waals surface area contributed by atoms with E-state index in [1.807, 2.05) is 32.0 Å². The number of hydrogen-bond acceptors (Lipinski definition) is 6. The zero-order valence-electron chi connectivity index (χ0n) is 18.1. The summed E-state index contributed by atoms with van der Waals surface area (Å²) in [5, 5.41) is 3.02. The normalized spacial score (nSPS) is 14.9. The zero-order valence-corrected chi connectivity index (χ0v) is 18.1. The molecule has 0 unspecified atom stereocenters. The van der Waals surface area contributed by atoms with Gasteiger partial charge in [-0.05, 0) is 26.0 Å². The van der Waals surface area contributed by atoms with Crippen LogP contribution in [-0.2, 0) is 6.42 Å². The molecule has 0 saturated carbocycles. The number of aryl methyl sites for hydroxylation is 2. The molecule has 7 nitrogen and oxygen atoms in total.